The highest BCUT2D eigenvalue weighted by Crippen LogP contribution is 2.28. The van der Waals surface area contributed by atoms with Gasteiger partial charge in [-0.15, -0.1) is 11.3 Å². The molecular formula is C24H35N3S. The van der Waals surface area contributed by atoms with Gasteiger partial charge in [-0.1, -0.05) is 25.3 Å². The van der Waals surface area contributed by atoms with Gasteiger partial charge in [-0.2, -0.15) is 0 Å². The molecule has 4 rings (SSSR count). The molecule has 0 bridgehead atoms. The molecule has 4 heteroatoms. The van der Waals surface area contributed by atoms with Gasteiger partial charge in [-0.3, -0.25) is 9.88 Å². The van der Waals surface area contributed by atoms with Crippen LogP contribution >= 0.6 is 11.3 Å². The maximum absolute atomic E-state index is 4.34. The molecule has 0 N–H and O–H groups in total. The summed E-state index contributed by atoms with van der Waals surface area (Å²) in [6, 6.07) is 9.71. The van der Waals surface area contributed by atoms with Crippen LogP contribution in [0.2, 0.25) is 0 Å². The van der Waals surface area contributed by atoms with Crippen molar-refractivity contribution in [2.45, 2.75) is 71.0 Å². The molecule has 2 aromatic heterocycles. The van der Waals surface area contributed by atoms with Crippen molar-refractivity contribution < 1.29 is 0 Å². The molecule has 1 atom stereocenters. The predicted molar refractivity (Wildman–Crippen MR) is 119 cm³/mol. The van der Waals surface area contributed by atoms with E-state index >= 15 is 0 Å². The Morgan fingerprint density at radius 3 is 2.71 bits per heavy atom. The molecule has 1 aliphatic heterocycles. The molecule has 1 saturated heterocycles. The van der Waals surface area contributed by atoms with Crippen LogP contribution in [0.3, 0.4) is 0 Å². The molecule has 3 nitrogen and oxygen atoms in total. The molecular weight excluding hydrogens is 362 g/mol. The largest absolute Gasteiger partial charge is 0.300 e. The summed E-state index contributed by atoms with van der Waals surface area (Å²) >= 11 is 1.94. The summed E-state index contributed by atoms with van der Waals surface area (Å²) in [5.41, 5.74) is 1.33. The molecule has 0 radical (unpaired) electrons. The van der Waals surface area contributed by atoms with Gasteiger partial charge in [0.05, 0.1) is 0 Å². The summed E-state index contributed by atoms with van der Waals surface area (Å²) in [6.07, 6.45) is 13.9. The van der Waals surface area contributed by atoms with Gasteiger partial charge in [0, 0.05) is 54.4 Å². The molecule has 28 heavy (non-hydrogen) atoms. The Bertz CT molecular complexity index is 708. The van der Waals surface area contributed by atoms with Crippen molar-refractivity contribution in [1.29, 1.82) is 0 Å². The van der Waals surface area contributed by atoms with Crippen LogP contribution in [-0.4, -0.2) is 40.5 Å². The fourth-order valence-electron chi connectivity index (χ4n) is 5.11. The summed E-state index contributed by atoms with van der Waals surface area (Å²) < 4.78 is 0. The number of hydrogen-bond donors (Lipinski definition) is 0. The minimum atomic E-state index is 0.799. The lowest BCUT2D eigenvalue weighted by atomic mass is 9.90. The Balaban J connectivity index is 1.40. The van der Waals surface area contributed by atoms with Gasteiger partial charge in [0.2, 0.25) is 0 Å². The second-order valence-corrected chi connectivity index (χ2v) is 10.2. The summed E-state index contributed by atoms with van der Waals surface area (Å²) in [7, 11) is 0. The van der Waals surface area contributed by atoms with Gasteiger partial charge in [-0.25, -0.2) is 0 Å². The molecule has 0 spiro atoms. The molecule has 2 fully saturated rings. The molecule has 0 aromatic carbocycles. The third-order valence-electron chi connectivity index (χ3n) is 6.46. The summed E-state index contributed by atoms with van der Waals surface area (Å²) in [4.78, 5) is 12.7. The average molecular weight is 398 g/mol. The number of aryl methyl sites for hydroxylation is 1. The van der Waals surface area contributed by atoms with Crippen LogP contribution in [0.1, 0.15) is 60.3 Å². The van der Waals surface area contributed by atoms with Crippen LogP contribution in [0.15, 0.2) is 36.7 Å². The second-order valence-electron chi connectivity index (χ2n) is 8.84. The van der Waals surface area contributed by atoms with Gasteiger partial charge in [0.25, 0.3) is 0 Å². The van der Waals surface area contributed by atoms with Gasteiger partial charge >= 0.3 is 0 Å². The van der Waals surface area contributed by atoms with E-state index in [-0.39, 0.29) is 0 Å². The quantitative estimate of drug-likeness (QED) is 0.615. The predicted octanol–water partition coefficient (Wildman–Crippen LogP) is 5.50. The van der Waals surface area contributed by atoms with Crippen molar-refractivity contribution in [1.82, 2.24) is 14.8 Å². The molecule has 2 aromatic rings. The van der Waals surface area contributed by atoms with E-state index in [0.717, 1.165) is 25.0 Å². The summed E-state index contributed by atoms with van der Waals surface area (Å²) in [5, 5.41) is 0. The molecule has 1 saturated carbocycles. The topological polar surface area (TPSA) is 19.4 Å². The fraction of sp³-hybridized carbons (Fsp3) is 0.625. The van der Waals surface area contributed by atoms with E-state index in [2.05, 4.69) is 46.0 Å². The third kappa shape index (κ3) is 5.65. The van der Waals surface area contributed by atoms with E-state index in [9.17, 15) is 0 Å². The fourth-order valence-corrected chi connectivity index (χ4v) is 6.05. The summed E-state index contributed by atoms with van der Waals surface area (Å²) in [6.45, 7) is 8.11. The van der Waals surface area contributed by atoms with Crippen molar-refractivity contribution >= 4 is 11.3 Å². The molecule has 2 aliphatic rings. The lowest BCUT2D eigenvalue weighted by Gasteiger charge is -2.41. The number of nitrogens with zero attached hydrogens (tertiary/aromatic N) is 3. The van der Waals surface area contributed by atoms with Crippen molar-refractivity contribution in [3.05, 3.63) is 52.0 Å². The minimum absolute atomic E-state index is 0.799. The maximum atomic E-state index is 4.34. The average Bonchev–Trinajstić information content (AvgIpc) is 3.14. The number of hydrogen-bond acceptors (Lipinski definition) is 4. The van der Waals surface area contributed by atoms with E-state index in [1.807, 2.05) is 23.7 Å². The van der Waals surface area contributed by atoms with E-state index in [1.165, 1.54) is 79.9 Å². The van der Waals surface area contributed by atoms with Crippen LogP contribution in [0.25, 0.3) is 0 Å². The van der Waals surface area contributed by atoms with Gasteiger partial charge in [-0.05, 0) is 68.8 Å². The maximum Gasteiger partial charge on any atom is 0.0331 e. The normalized spacial score (nSPS) is 22.0. The van der Waals surface area contributed by atoms with Crippen molar-refractivity contribution in [2.75, 3.05) is 19.6 Å². The Morgan fingerprint density at radius 1 is 1.07 bits per heavy atom. The Morgan fingerprint density at radius 2 is 1.96 bits per heavy atom. The van der Waals surface area contributed by atoms with Crippen molar-refractivity contribution in [3.63, 3.8) is 0 Å². The van der Waals surface area contributed by atoms with Crippen LogP contribution < -0.4 is 0 Å². The number of pyridine rings is 1. The van der Waals surface area contributed by atoms with Crippen LogP contribution in [-0.2, 0) is 13.1 Å². The van der Waals surface area contributed by atoms with Gasteiger partial charge in [0.1, 0.15) is 0 Å². The number of aromatic nitrogens is 1. The van der Waals surface area contributed by atoms with Crippen molar-refractivity contribution in [2.24, 2.45) is 5.92 Å². The zero-order chi connectivity index (χ0) is 19.2. The zero-order valence-corrected chi connectivity index (χ0v) is 18.2. The summed E-state index contributed by atoms with van der Waals surface area (Å²) in [5.74, 6) is 0.799. The number of thiophene rings is 1. The monoisotopic (exact) mass is 397 g/mol. The van der Waals surface area contributed by atoms with Crippen molar-refractivity contribution in [3.8, 4) is 0 Å². The molecule has 3 heterocycles. The highest BCUT2D eigenvalue weighted by atomic mass is 32.1. The first-order valence-corrected chi connectivity index (χ1v) is 12.0. The highest BCUT2D eigenvalue weighted by molar-refractivity contribution is 7.11. The van der Waals surface area contributed by atoms with Crippen LogP contribution in [0, 0.1) is 12.8 Å². The Kier molecular flexibility index (Phi) is 7.16. The first kappa shape index (κ1) is 20.1. The number of piperidine rings is 1. The molecule has 0 unspecified atom stereocenters. The highest BCUT2D eigenvalue weighted by Gasteiger charge is 2.28. The standard InChI is InChI=1S/C24H35N3S/c1-20-11-12-24(28-20)19-26(16-21-7-5-13-25-15-21)17-22-8-6-14-27(18-22)23-9-3-2-4-10-23/h5,7,11-13,15,22-23H,2-4,6,8-10,14,16-19H2,1H3/t22-/m0/s1. The molecule has 1 aliphatic carbocycles. The zero-order valence-electron chi connectivity index (χ0n) is 17.4. The van der Waals surface area contributed by atoms with E-state index in [4.69, 9.17) is 0 Å². The molecule has 152 valence electrons. The van der Waals surface area contributed by atoms with E-state index in [0.29, 0.717) is 0 Å². The minimum Gasteiger partial charge on any atom is -0.300 e. The smallest absolute Gasteiger partial charge is 0.0331 e. The SMILES string of the molecule is Cc1ccc(CN(Cc2cccnc2)C[C@@H]2CCCN(C3CCCCC3)C2)s1. The Hall–Kier alpha value is -1.23. The second kappa shape index (κ2) is 10.00. The first-order valence-electron chi connectivity index (χ1n) is 11.2. The van der Waals surface area contributed by atoms with Crippen LogP contribution in [0.4, 0.5) is 0 Å². The Labute approximate surface area is 174 Å². The lowest BCUT2D eigenvalue weighted by molar-refractivity contribution is 0.0773. The van der Waals surface area contributed by atoms with Gasteiger partial charge < -0.3 is 4.90 Å². The first-order chi connectivity index (χ1) is 13.8. The van der Waals surface area contributed by atoms with E-state index in [1.54, 1.807) is 0 Å². The van der Waals surface area contributed by atoms with Gasteiger partial charge in [0.15, 0.2) is 0 Å². The number of likely N-dealkylation sites (tertiary alicyclic amines) is 1. The number of rotatable bonds is 7. The molecule has 0 amide bonds. The van der Waals surface area contributed by atoms with E-state index < -0.39 is 0 Å². The third-order valence-corrected chi connectivity index (χ3v) is 7.45. The van der Waals surface area contributed by atoms with Crippen LogP contribution in [0.5, 0.6) is 0 Å². The lowest BCUT2D eigenvalue weighted by Crippen LogP contribution is -2.46.